The number of ether oxygens (including phenoxy) is 2. The molecule has 1 aromatic heterocycles. The number of hydrogen-bond acceptors (Lipinski definition) is 6. The molecule has 2 aliphatic heterocycles. The first kappa shape index (κ1) is 21.5. The van der Waals surface area contributed by atoms with Crippen LogP contribution in [0.15, 0.2) is 24.3 Å². The molecule has 0 saturated carbocycles. The van der Waals surface area contributed by atoms with Crippen LogP contribution in [0.3, 0.4) is 0 Å². The van der Waals surface area contributed by atoms with Gasteiger partial charge >= 0.3 is 0 Å². The largest absolute Gasteiger partial charge is 0.490 e. The normalized spacial score (nSPS) is 16.8. The molecular formula is C20H28ClN5O3. The monoisotopic (exact) mass is 421 g/mol. The SMILES string of the molecule is COCCOc1ccccc1C(=O)N1CCC(c2nnc3n2CCNC3)CC1.Cl. The zero-order valence-electron chi connectivity index (χ0n) is 16.7. The van der Waals surface area contributed by atoms with Gasteiger partial charge in [0.25, 0.3) is 5.91 Å². The number of nitrogens with zero attached hydrogens (tertiary/aromatic N) is 4. The van der Waals surface area contributed by atoms with Gasteiger partial charge in [-0.2, -0.15) is 0 Å². The minimum Gasteiger partial charge on any atom is -0.490 e. The van der Waals surface area contributed by atoms with Gasteiger partial charge in [-0.25, -0.2) is 0 Å². The number of carbonyl (C=O) groups is 1. The van der Waals surface area contributed by atoms with Gasteiger partial charge in [0.05, 0.1) is 18.7 Å². The molecule has 0 aliphatic carbocycles. The van der Waals surface area contributed by atoms with Crippen molar-refractivity contribution in [2.45, 2.75) is 31.8 Å². The number of fused-ring (bicyclic) bond motifs is 1. The fourth-order valence-corrected chi connectivity index (χ4v) is 3.93. The van der Waals surface area contributed by atoms with Crippen molar-refractivity contribution in [3.63, 3.8) is 0 Å². The Morgan fingerprint density at radius 3 is 2.76 bits per heavy atom. The van der Waals surface area contributed by atoms with Crippen molar-refractivity contribution in [1.82, 2.24) is 25.0 Å². The molecule has 0 unspecified atom stereocenters. The molecule has 0 spiro atoms. The smallest absolute Gasteiger partial charge is 0.257 e. The van der Waals surface area contributed by atoms with Crippen molar-refractivity contribution in [2.75, 3.05) is 40.0 Å². The Morgan fingerprint density at radius 1 is 1.17 bits per heavy atom. The third-order valence-electron chi connectivity index (χ3n) is 5.46. The Labute approximate surface area is 177 Å². The van der Waals surface area contributed by atoms with Gasteiger partial charge in [0, 0.05) is 39.2 Å². The van der Waals surface area contributed by atoms with E-state index in [4.69, 9.17) is 9.47 Å². The van der Waals surface area contributed by atoms with E-state index in [9.17, 15) is 4.79 Å². The molecule has 158 valence electrons. The van der Waals surface area contributed by atoms with Crippen LogP contribution in [0.25, 0.3) is 0 Å². The van der Waals surface area contributed by atoms with Crippen molar-refractivity contribution in [3.05, 3.63) is 41.5 Å². The molecule has 9 heteroatoms. The molecule has 1 amide bonds. The number of halogens is 1. The van der Waals surface area contributed by atoms with Crippen molar-refractivity contribution in [1.29, 1.82) is 0 Å². The number of amides is 1. The molecule has 2 aliphatic rings. The summed E-state index contributed by atoms with van der Waals surface area (Å²) < 4.78 is 13.0. The van der Waals surface area contributed by atoms with E-state index in [2.05, 4.69) is 20.1 Å². The van der Waals surface area contributed by atoms with E-state index in [1.165, 1.54) is 0 Å². The van der Waals surface area contributed by atoms with Gasteiger partial charge < -0.3 is 24.3 Å². The molecule has 0 atom stereocenters. The number of carbonyl (C=O) groups excluding carboxylic acids is 1. The highest BCUT2D eigenvalue weighted by atomic mass is 35.5. The maximum absolute atomic E-state index is 13.1. The van der Waals surface area contributed by atoms with Gasteiger partial charge in [0.15, 0.2) is 0 Å². The first-order valence-electron chi connectivity index (χ1n) is 9.90. The summed E-state index contributed by atoms with van der Waals surface area (Å²) in [6.07, 6.45) is 1.81. The van der Waals surface area contributed by atoms with Crippen LogP contribution in [-0.2, 0) is 17.8 Å². The molecule has 2 aromatic rings. The van der Waals surface area contributed by atoms with Crippen LogP contribution in [-0.4, -0.2) is 65.5 Å². The summed E-state index contributed by atoms with van der Waals surface area (Å²) in [5, 5.41) is 12.1. The van der Waals surface area contributed by atoms with Crippen LogP contribution < -0.4 is 10.1 Å². The molecule has 29 heavy (non-hydrogen) atoms. The summed E-state index contributed by atoms with van der Waals surface area (Å²) in [6, 6.07) is 7.43. The van der Waals surface area contributed by atoms with Crippen LogP contribution >= 0.6 is 12.4 Å². The molecule has 1 fully saturated rings. The molecular weight excluding hydrogens is 394 g/mol. The van der Waals surface area contributed by atoms with Crippen LogP contribution in [0.2, 0.25) is 0 Å². The third-order valence-corrected chi connectivity index (χ3v) is 5.46. The molecule has 8 nitrogen and oxygen atoms in total. The lowest BCUT2D eigenvalue weighted by molar-refractivity contribution is 0.0703. The fourth-order valence-electron chi connectivity index (χ4n) is 3.93. The van der Waals surface area contributed by atoms with Crippen LogP contribution in [0.4, 0.5) is 0 Å². The zero-order chi connectivity index (χ0) is 19.3. The maximum Gasteiger partial charge on any atom is 0.257 e. The Hall–Kier alpha value is -2.16. The highest BCUT2D eigenvalue weighted by Crippen LogP contribution is 2.29. The Morgan fingerprint density at radius 2 is 1.97 bits per heavy atom. The third kappa shape index (κ3) is 4.71. The second kappa shape index (κ2) is 10.0. The van der Waals surface area contributed by atoms with E-state index in [-0.39, 0.29) is 18.3 Å². The van der Waals surface area contributed by atoms with E-state index >= 15 is 0 Å². The number of rotatable bonds is 6. The predicted molar refractivity (Wildman–Crippen MR) is 111 cm³/mol. The lowest BCUT2D eigenvalue weighted by Gasteiger charge is -2.32. The van der Waals surface area contributed by atoms with E-state index in [0.717, 1.165) is 57.2 Å². The summed E-state index contributed by atoms with van der Waals surface area (Å²) in [6.45, 7) is 5.01. The lowest BCUT2D eigenvalue weighted by atomic mass is 9.95. The van der Waals surface area contributed by atoms with Crippen molar-refractivity contribution in [3.8, 4) is 5.75 Å². The van der Waals surface area contributed by atoms with E-state index in [0.29, 0.717) is 30.4 Å². The average Bonchev–Trinajstić information content (AvgIpc) is 3.18. The van der Waals surface area contributed by atoms with Gasteiger partial charge in [0.2, 0.25) is 0 Å². The van der Waals surface area contributed by atoms with Gasteiger partial charge in [-0.05, 0) is 25.0 Å². The predicted octanol–water partition coefficient (Wildman–Crippen LogP) is 1.85. The van der Waals surface area contributed by atoms with Crippen LogP contribution in [0.5, 0.6) is 5.75 Å². The second-order valence-corrected chi connectivity index (χ2v) is 7.21. The van der Waals surface area contributed by atoms with Gasteiger partial charge in [-0.1, -0.05) is 12.1 Å². The van der Waals surface area contributed by atoms with E-state index in [1.54, 1.807) is 7.11 Å². The van der Waals surface area contributed by atoms with E-state index in [1.807, 2.05) is 29.2 Å². The highest BCUT2D eigenvalue weighted by Gasteiger charge is 2.30. The quantitative estimate of drug-likeness (QED) is 0.717. The second-order valence-electron chi connectivity index (χ2n) is 7.21. The first-order chi connectivity index (χ1) is 13.8. The number of piperidine rings is 1. The zero-order valence-corrected chi connectivity index (χ0v) is 17.5. The molecule has 4 rings (SSSR count). The number of methoxy groups -OCH3 is 1. The Kier molecular flexibility index (Phi) is 7.46. The number of hydrogen-bond donors (Lipinski definition) is 1. The van der Waals surface area contributed by atoms with Crippen molar-refractivity contribution in [2.24, 2.45) is 0 Å². The van der Waals surface area contributed by atoms with E-state index < -0.39 is 0 Å². The number of benzene rings is 1. The number of para-hydroxylation sites is 1. The topological polar surface area (TPSA) is 81.5 Å². The Bertz CT molecular complexity index is 820. The molecule has 0 bridgehead atoms. The minimum atomic E-state index is 0. The van der Waals surface area contributed by atoms with Crippen molar-refractivity contribution < 1.29 is 14.3 Å². The minimum absolute atomic E-state index is 0. The van der Waals surface area contributed by atoms with Crippen LogP contribution in [0, 0.1) is 0 Å². The van der Waals surface area contributed by atoms with Gasteiger partial charge in [-0.3, -0.25) is 4.79 Å². The fraction of sp³-hybridized carbons (Fsp3) is 0.550. The summed E-state index contributed by atoms with van der Waals surface area (Å²) in [5.41, 5.74) is 0.614. The maximum atomic E-state index is 13.1. The molecule has 1 saturated heterocycles. The van der Waals surface area contributed by atoms with Crippen LogP contribution in [0.1, 0.15) is 40.8 Å². The summed E-state index contributed by atoms with van der Waals surface area (Å²) in [4.78, 5) is 15.0. The Balaban J connectivity index is 0.00000240. The number of nitrogens with one attached hydrogen (secondary N) is 1. The van der Waals surface area contributed by atoms with Gasteiger partial charge in [0.1, 0.15) is 24.0 Å². The summed E-state index contributed by atoms with van der Waals surface area (Å²) in [7, 11) is 1.63. The molecule has 1 N–H and O–H groups in total. The van der Waals surface area contributed by atoms with Gasteiger partial charge in [-0.15, -0.1) is 22.6 Å². The first-order valence-corrected chi connectivity index (χ1v) is 9.90. The highest BCUT2D eigenvalue weighted by molar-refractivity contribution is 5.97. The molecule has 1 aromatic carbocycles. The molecule has 3 heterocycles. The summed E-state index contributed by atoms with van der Waals surface area (Å²) in [5.74, 6) is 3.09. The number of likely N-dealkylation sites (tertiary alicyclic amines) is 1. The molecule has 0 radical (unpaired) electrons. The number of aromatic nitrogens is 3. The van der Waals surface area contributed by atoms with Crippen molar-refractivity contribution >= 4 is 18.3 Å². The lowest BCUT2D eigenvalue weighted by Crippen LogP contribution is -2.39. The average molecular weight is 422 g/mol. The summed E-state index contributed by atoms with van der Waals surface area (Å²) >= 11 is 0. The standard InChI is InChI=1S/C20H27N5O3.ClH/c1-27-12-13-28-17-5-3-2-4-16(17)20(26)24-9-6-15(7-10-24)19-23-22-18-14-21-8-11-25(18)19;/h2-5,15,21H,6-14H2,1H3;1H.